The molecule has 6 rings (SSSR count). The Labute approximate surface area is 196 Å². The molecule has 1 fully saturated rings. The smallest absolute Gasteiger partial charge is 0.274 e. The van der Waals surface area contributed by atoms with E-state index in [0.29, 0.717) is 17.5 Å². The first-order chi connectivity index (χ1) is 16.6. The first kappa shape index (κ1) is 20.7. The van der Waals surface area contributed by atoms with Crippen LogP contribution in [0.25, 0.3) is 33.2 Å². The molecule has 3 N–H and O–H groups in total. The van der Waals surface area contributed by atoms with Crippen LogP contribution in [0.5, 0.6) is 0 Å². The fraction of sp³-hybridized carbons (Fsp3) is 0.308. The molecule has 4 aromatic heterocycles. The highest BCUT2D eigenvalue weighted by atomic mass is 16.2. The van der Waals surface area contributed by atoms with Gasteiger partial charge >= 0.3 is 0 Å². The molecule has 0 unspecified atom stereocenters. The Bertz CT molecular complexity index is 1470. The predicted octanol–water partition coefficient (Wildman–Crippen LogP) is 4.97. The summed E-state index contributed by atoms with van der Waals surface area (Å²) < 4.78 is 0. The molecule has 1 saturated heterocycles. The topological polar surface area (TPSA) is 106 Å². The molecule has 1 aromatic carbocycles. The highest BCUT2D eigenvalue weighted by molar-refractivity contribution is 5.98. The van der Waals surface area contributed by atoms with E-state index in [-0.39, 0.29) is 5.91 Å². The first-order valence-electron chi connectivity index (χ1n) is 11.8. The lowest BCUT2D eigenvalue weighted by atomic mass is 9.87. The minimum absolute atomic E-state index is 0.00966. The molecule has 0 aliphatic carbocycles. The van der Waals surface area contributed by atoms with Crippen LogP contribution < -0.4 is 0 Å². The average Bonchev–Trinajstić information content (AvgIpc) is 3.62. The Morgan fingerprint density at radius 2 is 1.97 bits per heavy atom. The van der Waals surface area contributed by atoms with Gasteiger partial charge in [0.05, 0.1) is 11.9 Å². The molecule has 5 heterocycles. The molecule has 1 amide bonds. The zero-order valence-electron chi connectivity index (χ0n) is 19.3. The van der Waals surface area contributed by atoms with Gasteiger partial charge in [0.25, 0.3) is 5.91 Å². The highest BCUT2D eigenvalue weighted by Crippen LogP contribution is 2.39. The Morgan fingerprint density at radius 1 is 1.12 bits per heavy atom. The lowest BCUT2D eigenvalue weighted by molar-refractivity contribution is 0.0707. The zero-order chi connectivity index (χ0) is 23.2. The van der Waals surface area contributed by atoms with Gasteiger partial charge in [-0.25, -0.2) is 4.98 Å². The summed E-state index contributed by atoms with van der Waals surface area (Å²) >= 11 is 0. The van der Waals surface area contributed by atoms with Gasteiger partial charge in [0, 0.05) is 47.3 Å². The third kappa shape index (κ3) is 3.37. The maximum absolute atomic E-state index is 12.6. The third-order valence-corrected chi connectivity index (χ3v) is 7.04. The quantitative estimate of drug-likeness (QED) is 0.357. The summed E-state index contributed by atoms with van der Waals surface area (Å²) in [5.41, 5.74) is 7.33. The summed E-state index contributed by atoms with van der Waals surface area (Å²) in [7, 11) is 0. The number of fused-ring (bicyclic) bond motifs is 2. The number of aromatic nitrogens is 6. The molecule has 0 radical (unpaired) electrons. The SMILES string of the molecule is CC(C)c1c(-c2ccnc3[nH]ncc23)[nH]c2ccc(C3CCN(C(=O)c4cc[nH]n4)CC3)cc12. The van der Waals surface area contributed by atoms with Crippen LogP contribution in [-0.4, -0.2) is 54.3 Å². The molecule has 0 atom stereocenters. The molecule has 172 valence electrons. The molecule has 0 spiro atoms. The van der Waals surface area contributed by atoms with Gasteiger partial charge < -0.3 is 9.88 Å². The van der Waals surface area contributed by atoms with Crippen LogP contribution in [0.2, 0.25) is 0 Å². The van der Waals surface area contributed by atoms with Crippen LogP contribution in [0.3, 0.4) is 0 Å². The molecule has 0 bridgehead atoms. The third-order valence-electron chi connectivity index (χ3n) is 7.04. The Morgan fingerprint density at radius 3 is 2.74 bits per heavy atom. The van der Waals surface area contributed by atoms with E-state index in [9.17, 15) is 4.79 Å². The molecule has 0 saturated carbocycles. The molecule has 34 heavy (non-hydrogen) atoms. The number of benzene rings is 1. The fourth-order valence-electron chi connectivity index (χ4n) is 5.32. The molecular weight excluding hydrogens is 426 g/mol. The Balaban J connectivity index is 1.32. The summed E-state index contributed by atoms with van der Waals surface area (Å²) in [6.07, 6.45) is 7.27. The normalized spacial score (nSPS) is 15.1. The van der Waals surface area contributed by atoms with E-state index in [2.05, 4.69) is 68.5 Å². The van der Waals surface area contributed by atoms with E-state index >= 15 is 0 Å². The van der Waals surface area contributed by atoms with Crippen molar-refractivity contribution >= 4 is 27.8 Å². The van der Waals surface area contributed by atoms with Crippen LogP contribution in [0.4, 0.5) is 0 Å². The molecule has 5 aromatic rings. The van der Waals surface area contributed by atoms with Crippen LogP contribution in [0.1, 0.15) is 60.1 Å². The highest BCUT2D eigenvalue weighted by Gasteiger charge is 2.26. The van der Waals surface area contributed by atoms with Crippen molar-refractivity contribution in [3.63, 3.8) is 0 Å². The van der Waals surface area contributed by atoms with E-state index in [1.54, 1.807) is 12.3 Å². The van der Waals surface area contributed by atoms with Crippen LogP contribution in [-0.2, 0) is 0 Å². The van der Waals surface area contributed by atoms with Gasteiger partial charge in [0.1, 0.15) is 5.69 Å². The van der Waals surface area contributed by atoms with Gasteiger partial charge in [-0.1, -0.05) is 19.9 Å². The van der Waals surface area contributed by atoms with E-state index in [4.69, 9.17) is 0 Å². The minimum Gasteiger partial charge on any atom is -0.354 e. The number of carbonyl (C=O) groups excluding carboxylic acids is 1. The number of pyridine rings is 1. The number of H-pyrrole nitrogens is 3. The number of amides is 1. The number of carbonyl (C=O) groups is 1. The predicted molar refractivity (Wildman–Crippen MR) is 132 cm³/mol. The number of hydrogen-bond donors (Lipinski definition) is 3. The number of nitrogens with zero attached hydrogens (tertiary/aromatic N) is 4. The minimum atomic E-state index is 0.00966. The molecule has 8 nitrogen and oxygen atoms in total. The van der Waals surface area contributed by atoms with Gasteiger partial charge in [-0.3, -0.25) is 15.0 Å². The first-order valence-corrected chi connectivity index (χ1v) is 11.8. The second-order valence-corrected chi connectivity index (χ2v) is 9.39. The van der Waals surface area contributed by atoms with Crippen molar-refractivity contribution in [2.24, 2.45) is 0 Å². The number of piperidine rings is 1. The maximum atomic E-state index is 12.6. The molecule has 1 aliphatic rings. The number of aromatic amines is 3. The Hall–Kier alpha value is -3.94. The van der Waals surface area contributed by atoms with Gasteiger partial charge in [-0.15, -0.1) is 0 Å². The zero-order valence-corrected chi connectivity index (χ0v) is 19.3. The summed E-state index contributed by atoms with van der Waals surface area (Å²) in [4.78, 5) is 22.6. The lowest BCUT2D eigenvalue weighted by Crippen LogP contribution is -2.38. The van der Waals surface area contributed by atoms with E-state index < -0.39 is 0 Å². The van der Waals surface area contributed by atoms with Crippen molar-refractivity contribution in [3.8, 4) is 11.3 Å². The van der Waals surface area contributed by atoms with Crippen molar-refractivity contribution in [1.82, 2.24) is 35.3 Å². The van der Waals surface area contributed by atoms with Crippen molar-refractivity contribution in [2.75, 3.05) is 13.1 Å². The standard InChI is InChI=1S/C26H27N7O/c1-15(2)23-19-13-17(16-7-11-33(12-8-16)26(34)22-6-10-28-31-22)3-4-21(19)30-24(23)18-5-9-27-25-20(18)14-29-32-25/h3-6,9-10,13-16,30H,7-8,11-12H2,1-2H3,(H,28,31)(H,27,29,32). The van der Waals surface area contributed by atoms with Gasteiger partial charge in [-0.05, 0) is 60.1 Å². The number of nitrogens with one attached hydrogen (secondary N) is 3. The van der Waals surface area contributed by atoms with Crippen molar-refractivity contribution in [3.05, 3.63) is 65.7 Å². The van der Waals surface area contributed by atoms with Crippen LogP contribution in [0.15, 0.2) is 48.9 Å². The van der Waals surface area contributed by atoms with Crippen molar-refractivity contribution < 1.29 is 4.79 Å². The van der Waals surface area contributed by atoms with E-state index in [1.165, 1.54) is 16.5 Å². The second kappa shape index (κ2) is 8.13. The van der Waals surface area contributed by atoms with Crippen molar-refractivity contribution in [1.29, 1.82) is 0 Å². The van der Waals surface area contributed by atoms with Crippen LogP contribution >= 0.6 is 0 Å². The number of likely N-dealkylation sites (tertiary alicyclic amines) is 1. The lowest BCUT2D eigenvalue weighted by Gasteiger charge is -2.32. The maximum Gasteiger partial charge on any atom is 0.274 e. The number of rotatable bonds is 4. The fourth-order valence-corrected chi connectivity index (χ4v) is 5.32. The summed E-state index contributed by atoms with van der Waals surface area (Å²) in [5, 5.41) is 16.2. The van der Waals surface area contributed by atoms with Gasteiger partial charge in [0.15, 0.2) is 5.65 Å². The summed E-state index contributed by atoms with van der Waals surface area (Å²) in [6.45, 7) is 5.98. The number of hydrogen-bond acceptors (Lipinski definition) is 4. The average molecular weight is 454 g/mol. The second-order valence-electron chi connectivity index (χ2n) is 9.39. The van der Waals surface area contributed by atoms with Gasteiger partial charge in [-0.2, -0.15) is 10.2 Å². The summed E-state index contributed by atoms with van der Waals surface area (Å²) in [6, 6.07) is 10.6. The van der Waals surface area contributed by atoms with Crippen LogP contribution in [0, 0.1) is 0 Å². The molecular formula is C26H27N7O. The van der Waals surface area contributed by atoms with Crippen molar-refractivity contribution in [2.45, 2.75) is 38.5 Å². The molecule has 8 heteroatoms. The van der Waals surface area contributed by atoms with E-state index in [0.717, 1.165) is 53.7 Å². The monoisotopic (exact) mass is 453 g/mol. The Kier molecular flexibility index (Phi) is 4.94. The largest absolute Gasteiger partial charge is 0.354 e. The molecule has 1 aliphatic heterocycles. The van der Waals surface area contributed by atoms with Gasteiger partial charge in [0.2, 0.25) is 0 Å². The summed E-state index contributed by atoms with van der Waals surface area (Å²) in [5.74, 6) is 0.797. The van der Waals surface area contributed by atoms with E-state index in [1.807, 2.05) is 17.3 Å².